The first kappa shape index (κ1) is 19.0. The molecule has 1 aromatic carbocycles. The lowest BCUT2D eigenvalue weighted by atomic mass is 9.86. The minimum Gasteiger partial charge on any atom is -0.486 e. The van der Waals surface area contributed by atoms with Crippen LogP contribution in [0.2, 0.25) is 0 Å². The number of hydrogen-bond acceptors (Lipinski definition) is 6. The first-order chi connectivity index (χ1) is 13.0. The fraction of sp³-hybridized carbons (Fsp3) is 0.526. The van der Waals surface area contributed by atoms with E-state index in [1.165, 1.54) is 12.1 Å². The van der Waals surface area contributed by atoms with Crippen molar-refractivity contribution >= 4 is 17.9 Å². The summed E-state index contributed by atoms with van der Waals surface area (Å²) >= 11 is 0. The van der Waals surface area contributed by atoms with Gasteiger partial charge in [-0.25, -0.2) is 9.59 Å². The van der Waals surface area contributed by atoms with Crippen molar-refractivity contribution in [3.05, 3.63) is 23.8 Å². The van der Waals surface area contributed by atoms with Crippen molar-refractivity contribution in [2.24, 2.45) is 5.92 Å². The van der Waals surface area contributed by atoms with Gasteiger partial charge in [0.25, 0.3) is 5.91 Å². The number of imide groups is 1. The van der Waals surface area contributed by atoms with Gasteiger partial charge in [-0.3, -0.25) is 10.1 Å². The third-order valence-electron chi connectivity index (χ3n) is 4.79. The van der Waals surface area contributed by atoms with Crippen LogP contribution in [0.5, 0.6) is 11.5 Å². The van der Waals surface area contributed by atoms with Crippen molar-refractivity contribution in [3.8, 4) is 11.5 Å². The molecular weight excluding hydrogens is 352 g/mol. The topological polar surface area (TPSA) is 103 Å². The number of ether oxygens (including phenoxy) is 3. The van der Waals surface area contributed by atoms with E-state index in [1.807, 2.05) is 0 Å². The highest BCUT2D eigenvalue weighted by atomic mass is 16.6. The number of benzene rings is 1. The molecule has 1 heterocycles. The van der Waals surface area contributed by atoms with E-state index in [0.717, 1.165) is 25.7 Å². The van der Waals surface area contributed by atoms with E-state index >= 15 is 0 Å². The molecule has 1 saturated carbocycles. The highest BCUT2D eigenvalue weighted by Crippen LogP contribution is 2.30. The summed E-state index contributed by atoms with van der Waals surface area (Å²) in [7, 11) is 0. The first-order valence-corrected chi connectivity index (χ1v) is 9.20. The number of carbonyl (C=O) groups excluding carboxylic acids is 3. The molecule has 27 heavy (non-hydrogen) atoms. The SMILES string of the molecule is C[C@@H]1CCCC[C@H]1NC(=O)NC(=O)COC(=O)c1ccc2c(c1)OCCO2. The van der Waals surface area contributed by atoms with Gasteiger partial charge in [0.2, 0.25) is 0 Å². The molecule has 146 valence electrons. The highest BCUT2D eigenvalue weighted by Gasteiger charge is 2.23. The van der Waals surface area contributed by atoms with Crippen LogP contribution < -0.4 is 20.1 Å². The Labute approximate surface area is 157 Å². The second kappa shape index (κ2) is 8.75. The summed E-state index contributed by atoms with van der Waals surface area (Å²) in [6, 6.07) is 4.15. The monoisotopic (exact) mass is 376 g/mol. The molecule has 3 rings (SSSR count). The Hall–Kier alpha value is -2.77. The summed E-state index contributed by atoms with van der Waals surface area (Å²) < 4.78 is 15.8. The van der Waals surface area contributed by atoms with Crippen LogP contribution in [0.1, 0.15) is 43.0 Å². The lowest BCUT2D eigenvalue weighted by Crippen LogP contribution is -2.48. The van der Waals surface area contributed by atoms with Crippen molar-refractivity contribution in [2.75, 3.05) is 19.8 Å². The van der Waals surface area contributed by atoms with Gasteiger partial charge >= 0.3 is 12.0 Å². The molecule has 0 spiro atoms. The summed E-state index contributed by atoms with van der Waals surface area (Å²) in [5.41, 5.74) is 0.243. The van der Waals surface area contributed by atoms with Gasteiger partial charge in [-0.05, 0) is 37.0 Å². The van der Waals surface area contributed by atoms with Gasteiger partial charge in [-0.1, -0.05) is 19.8 Å². The predicted octanol–water partition coefficient (Wildman–Crippen LogP) is 2.02. The van der Waals surface area contributed by atoms with Crippen LogP contribution in [-0.2, 0) is 9.53 Å². The Morgan fingerprint density at radius 3 is 2.63 bits per heavy atom. The average molecular weight is 376 g/mol. The molecule has 0 radical (unpaired) electrons. The fourth-order valence-corrected chi connectivity index (χ4v) is 3.28. The van der Waals surface area contributed by atoms with E-state index in [-0.39, 0.29) is 11.6 Å². The lowest BCUT2D eigenvalue weighted by molar-refractivity contribution is -0.123. The van der Waals surface area contributed by atoms with Crippen molar-refractivity contribution in [3.63, 3.8) is 0 Å². The lowest BCUT2D eigenvalue weighted by Gasteiger charge is -2.29. The molecule has 3 amide bonds. The van der Waals surface area contributed by atoms with Crippen LogP contribution in [0.25, 0.3) is 0 Å². The smallest absolute Gasteiger partial charge is 0.338 e. The average Bonchev–Trinajstić information content (AvgIpc) is 2.67. The second-order valence-electron chi connectivity index (χ2n) is 6.82. The maximum Gasteiger partial charge on any atom is 0.338 e. The maximum atomic E-state index is 12.1. The molecule has 1 aliphatic carbocycles. The molecule has 2 atom stereocenters. The molecule has 0 aromatic heterocycles. The zero-order valence-corrected chi connectivity index (χ0v) is 15.3. The minimum atomic E-state index is -0.679. The molecule has 2 N–H and O–H groups in total. The number of esters is 1. The van der Waals surface area contributed by atoms with E-state index in [0.29, 0.717) is 30.6 Å². The van der Waals surface area contributed by atoms with Crippen LogP contribution in [0.3, 0.4) is 0 Å². The largest absolute Gasteiger partial charge is 0.486 e. The first-order valence-electron chi connectivity index (χ1n) is 9.20. The molecule has 8 heteroatoms. The number of carbonyl (C=O) groups is 3. The molecule has 1 fully saturated rings. The summed E-state index contributed by atoms with van der Waals surface area (Å²) in [5, 5.41) is 5.00. The van der Waals surface area contributed by atoms with E-state index in [1.54, 1.807) is 6.07 Å². The number of hydrogen-bond donors (Lipinski definition) is 2. The number of fused-ring (bicyclic) bond motifs is 1. The Kier molecular flexibility index (Phi) is 6.16. The van der Waals surface area contributed by atoms with Gasteiger partial charge in [-0.15, -0.1) is 0 Å². The van der Waals surface area contributed by atoms with Crippen LogP contribution in [0.4, 0.5) is 4.79 Å². The zero-order valence-electron chi connectivity index (χ0n) is 15.3. The quantitative estimate of drug-likeness (QED) is 0.780. The van der Waals surface area contributed by atoms with E-state index in [9.17, 15) is 14.4 Å². The van der Waals surface area contributed by atoms with Crippen molar-refractivity contribution < 1.29 is 28.6 Å². The number of nitrogens with one attached hydrogen (secondary N) is 2. The van der Waals surface area contributed by atoms with Gasteiger partial charge in [0.15, 0.2) is 18.1 Å². The van der Waals surface area contributed by atoms with Gasteiger partial charge in [0.05, 0.1) is 5.56 Å². The fourth-order valence-electron chi connectivity index (χ4n) is 3.28. The minimum absolute atomic E-state index is 0.0619. The van der Waals surface area contributed by atoms with Gasteiger partial charge in [0.1, 0.15) is 13.2 Å². The van der Waals surface area contributed by atoms with E-state index in [2.05, 4.69) is 17.6 Å². The number of rotatable bonds is 4. The molecule has 1 aliphatic heterocycles. The molecule has 0 saturated heterocycles. The normalized spacial score (nSPS) is 21.1. The number of amides is 3. The predicted molar refractivity (Wildman–Crippen MR) is 95.8 cm³/mol. The van der Waals surface area contributed by atoms with Crippen molar-refractivity contribution in [2.45, 2.75) is 38.6 Å². The summed E-state index contributed by atoms with van der Waals surface area (Å²) in [6.07, 6.45) is 4.19. The Balaban J connectivity index is 1.44. The molecule has 2 aliphatic rings. The van der Waals surface area contributed by atoms with Crippen LogP contribution in [0, 0.1) is 5.92 Å². The Morgan fingerprint density at radius 1 is 1.11 bits per heavy atom. The summed E-state index contributed by atoms with van der Waals surface area (Å²) in [5.74, 6) is 0.0446. The summed E-state index contributed by atoms with van der Waals surface area (Å²) in [4.78, 5) is 35.9. The molecule has 0 bridgehead atoms. The van der Waals surface area contributed by atoms with E-state index in [4.69, 9.17) is 14.2 Å². The molecular formula is C19H24N2O6. The van der Waals surface area contributed by atoms with Gasteiger partial charge in [0, 0.05) is 6.04 Å². The molecule has 1 aromatic rings. The van der Waals surface area contributed by atoms with Crippen LogP contribution in [0.15, 0.2) is 18.2 Å². The van der Waals surface area contributed by atoms with Crippen LogP contribution >= 0.6 is 0 Å². The highest BCUT2D eigenvalue weighted by molar-refractivity contribution is 5.97. The standard InChI is InChI=1S/C19H24N2O6/c1-12-4-2-3-5-14(12)20-19(24)21-17(22)11-27-18(23)13-6-7-15-16(10-13)26-9-8-25-15/h6-7,10,12,14H,2-5,8-9,11H2,1H3,(H2,20,21,22,24)/t12-,14-/m1/s1. The Bertz CT molecular complexity index is 720. The van der Waals surface area contributed by atoms with Crippen molar-refractivity contribution in [1.82, 2.24) is 10.6 Å². The van der Waals surface area contributed by atoms with Gasteiger partial charge in [-0.2, -0.15) is 0 Å². The third-order valence-corrected chi connectivity index (χ3v) is 4.79. The van der Waals surface area contributed by atoms with E-state index < -0.39 is 24.5 Å². The Morgan fingerprint density at radius 2 is 1.85 bits per heavy atom. The third kappa shape index (κ3) is 5.12. The molecule has 0 unspecified atom stereocenters. The van der Waals surface area contributed by atoms with Gasteiger partial charge < -0.3 is 19.5 Å². The van der Waals surface area contributed by atoms with Crippen LogP contribution in [-0.4, -0.2) is 43.8 Å². The second-order valence-corrected chi connectivity index (χ2v) is 6.82. The number of urea groups is 1. The molecule has 8 nitrogen and oxygen atoms in total. The summed E-state index contributed by atoms with van der Waals surface area (Å²) in [6.45, 7) is 2.41. The zero-order chi connectivity index (χ0) is 19.2. The maximum absolute atomic E-state index is 12.1. The van der Waals surface area contributed by atoms with Crippen molar-refractivity contribution in [1.29, 1.82) is 0 Å².